The number of ether oxygens (including phenoxy) is 8. The molecule has 0 heterocycles. The lowest BCUT2D eigenvalue weighted by molar-refractivity contribution is 0.409. The summed E-state index contributed by atoms with van der Waals surface area (Å²) in [6, 6.07) is 66.2. The maximum Gasteiger partial charge on any atom is 0.169 e. The summed E-state index contributed by atoms with van der Waals surface area (Å²) in [5.74, 6) is 9.22. The molecule has 9 aromatic rings. The summed E-state index contributed by atoms with van der Waals surface area (Å²) in [6.07, 6.45) is 0. The van der Waals surface area contributed by atoms with E-state index in [1.807, 2.05) is 194 Å². The summed E-state index contributed by atoms with van der Waals surface area (Å²) in [7, 11) is 0. The number of para-hydroxylation sites is 8. The Balaban J connectivity index is 0.804. The minimum atomic E-state index is 0.537. The van der Waals surface area contributed by atoms with Crippen molar-refractivity contribution in [2.75, 3.05) is 11.5 Å². The summed E-state index contributed by atoms with van der Waals surface area (Å²) in [6.45, 7) is 0. The summed E-state index contributed by atoms with van der Waals surface area (Å²) >= 11 is 0. The quantitative estimate of drug-likeness (QED) is 0.0908. The zero-order chi connectivity index (χ0) is 43.5. The first-order valence-corrected chi connectivity index (χ1v) is 20.3. The Morgan fingerprint density at radius 3 is 0.562 bits per heavy atom. The summed E-state index contributed by atoms with van der Waals surface area (Å²) < 4.78 is 49.5. The third kappa shape index (κ3) is 10.5. The maximum absolute atomic E-state index is 6.27. The minimum absolute atomic E-state index is 0.537. The minimum Gasteiger partial charge on any atom is -0.453 e. The van der Waals surface area contributed by atoms with Crippen LogP contribution in [-0.4, -0.2) is 0 Å². The molecular formula is C54H40N2O8. The molecule has 9 aromatic carbocycles. The number of hydrogen-bond acceptors (Lipinski definition) is 10. The smallest absolute Gasteiger partial charge is 0.169 e. The number of benzene rings is 9. The Kier molecular flexibility index (Phi) is 12.1. The van der Waals surface area contributed by atoms with Crippen molar-refractivity contribution in [1.82, 2.24) is 0 Å². The highest BCUT2D eigenvalue weighted by molar-refractivity contribution is 5.53. The number of anilines is 2. The summed E-state index contributed by atoms with van der Waals surface area (Å²) in [5.41, 5.74) is 13.1. The van der Waals surface area contributed by atoms with E-state index in [-0.39, 0.29) is 0 Å². The van der Waals surface area contributed by atoms with E-state index in [0.29, 0.717) is 103 Å². The van der Waals surface area contributed by atoms with Crippen LogP contribution >= 0.6 is 0 Å². The monoisotopic (exact) mass is 844 g/mol. The fourth-order valence-corrected chi connectivity index (χ4v) is 6.37. The molecular weight excluding hydrogens is 805 g/mol. The predicted octanol–water partition coefficient (Wildman–Crippen LogP) is 15.2. The second kappa shape index (κ2) is 19.1. The SMILES string of the molecule is Nc1cccc(Oc2ccccc2Oc2ccc(Oc3ccccc3Oc3ccc(Oc4ccccc4Oc4ccc(Oc5ccccc5Oc5cccc(N)c5)cc4)cc3)cc2)c1. The molecule has 0 aromatic heterocycles. The van der Waals surface area contributed by atoms with E-state index >= 15 is 0 Å². The van der Waals surface area contributed by atoms with E-state index in [2.05, 4.69) is 0 Å². The molecule has 0 spiro atoms. The van der Waals surface area contributed by atoms with E-state index < -0.39 is 0 Å². The number of hydrogen-bond donors (Lipinski definition) is 2. The topological polar surface area (TPSA) is 126 Å². The van der Waals surface area contributed by atoms with Gasteiger partial charge in [0.15, 0.2) is 46.0 Å². The average molecular weight is 845 g/mol. The van der Waals surface area contributed by atoms with Gasteiger partial charge in [-0.05, 0) is 146 Å². The van der Waals surface area contributed by atoms with Crippen molar-refractivity contribution in [1.29, 1.82) is 0 Å². The van der Waals surface area contributed by atoms with Crippen molar-refractivity contribution in [3.8, 4) is 92.0 Å². The van der Waals surface area contributed by atoms with Crippen LogP contribution in [0.2, 0.25) is 0 Å². The Labute approximate surface area is 369 Å². The van der Waals surface area contributed by atoms with Crippen molar-refractivity contribution in [3.05, 3.63) is 218 Å². The van der Waals surface area contributed by atoms with Gasteiger partial charge in [-0.25, -0.2) is 0 Å². The molecule has 0 aliphatic carbocycles. The van der Waals surface area contributed by atoms with Gasteiger partial charge in [0.1, 0.15) is 46.0 Å². The van der Waals surface area contributed by atoms with Crippen LogP contribution in [0.5, 0.6) is 92.0 Å². The lowest BCUT2D eigenvalue weighted by Gasteiger charge is -2.15. The second-order valence-corrected chi connectivity index (χ2v) is 14.2. The van der Waals surface area contributed by atoms with Crippen molar-refractivity contribution in [2.45, 2.75) is 0 Å². The Hall–Kier alpha value is -9.02. The molecule has 0 aliphatic rings. The van der Waals surface area contributed by atoms with Gasteiger partial charge >= 0.3 is 0 Å². The summed E-state index contributed by atoms with van der Waals surface area (Å²) in [5, 5.41) is 0. The van der Waals surface area contributed by atoms with Gasteiger partial charge in [-0.15, -0.1) is 0 Å². The zero-order valence-electron chi connectivity index (χ0n) is 34.2. The lowest BCUT2D eigenvalue weighted by atomic mass is 10.2. The van der Waals surface area contributed by atoms with Crippen molar-refractivity contribution < 1.29 is 37.9 Å². The molecule has 0 aliphatic heterocycles. The van der Waals surface area contributed by atoms with E-state index in [1.54, 1.807) is 24.3 Å². The molecule has 9 rings (SSSR count). The standard InChI is InChI=1S/C54H40N2O8/c55-37-11-9-13-45(35-37)63-53-21-7-5-19-51(53)61-43-31-27-41(28-32-43)59-49-17-3-1-15-47(49)57-39-23-25-40(26-24-39)58-48-16-2-4-18-50(48)60-42-29-33-44(34-30-42)62-52-20-6-8-22-54(52)64-46-14-10-12-38(56)36-46/h1-36H,55-56H2. The van der Waals surface area contributed by atoms with Crippen LogP contribution in [0.4, 0.5) is 11.4 Å². The number of rotatable bonds is 16. The number of nitrogen functional groups attached to an aromatic ring is 2. The maximum atomic E-state index is 6.27. The predicted molar refractivity (Wildman–Crippen MR) is 247 cm³/mol. The van der Waals surface area contributed by atoms with E-state index in [9.17, 15) is 0 Å². The van der Waals surface area contributed by atoms with Crippen molar-refractivity contribution in [3.63, 3.8) is 0 Å². The molecule has 10 heteroatoms. The first-order valence-electron chi connectivity index (χ1n) is 20.3. The molecule has 0 bridgehead atoms. The molecule has 0 saturated heterocycles. The van der Waals surface area contributed by atoms with Crippen LogP contribution in [0.15, 0.2) is 218 Å². The van der Waals surface area contributed by atoms with Gasteiger partial charge in [0.2, 0.25) is 0 Å². The van der Waals surface area contributed by atoms with E-state index in [1.165, 1.54) is 0 Å². The molecule has 0 amide bonds. The van der Waals surface area contributed by atoms with Gasteiger partial charge in [-0.3, -0.25) is 0 Å². The molecule has 10 nitrogen and oxygen atoms in total. The van der Waals surface area contributed by atoms with Crippen molar-refractivity contribution in [2.24, 2.45) is 0 Å². The first-order chi connectivity index (χ1) is 31.5. The largest absolute Gasteiger partial charge is 0.453 e. The molecule has 0 saturated carbocycles. The second-order valence-electron chi connectivity index (χ2n) is 14.2. The van der Waals surface area contributed by atoms with Crippen LogP contribution in [0.25, 0.3) is 0 Å². The van der Waals surface area contributed by atoms with E-state index in [0.717, 1.165) is 0 Å². The molecule has 0 atom stereocenters. The van der Waals surface area contributed by atoms with Gasteiger partial charge in [0.25, 0.3) is 0 Å². The fourth-order valence-electron chi connectivity index (χ4n) is 6.37. The Morgan fingerprint density at radius 1 is 0.188 bits per heavy atom. The van der Waals surface area contributed by atoms with Crippen molar-refractivity contribution >= 4 is 11.4 Å². The summed E-state index contributed by atoms with van der Waals surface area (Å²) in [4.78, 5) is 0. The zero-order valence-corrected chi connectivity index (χ0v) is 34.2. The molecule has 0 fully saturated rings. The molecule has 0 radical (unpaired) electrons. The number of nitrogens with two attached hydrogens (primary N) is 2. The average Bonchev–Trinajstić information content (AvgIpc) is 3.31. The third-order valence-corrected chi connectivity index (χ3v) is 9.41. The molecule has 64 heavy (non-hydrogen) atoms. The van der Waals surface area contributed by atoms with Gasteiger partial charge in [0, 0.05) is 23.5 Å². The lowest BCUT2D eigenvalue weighted by Crippen LogP contribution is -1.93. The van der Waals surface area contributed by atoms with Gasteiger partial charge in [0.05, 0.1) is 0 Å². The van der Waals surface area contributed by atoms with Gasteiger partial charge in [-0.2, -0.15) is 0 Å². The van der Waals surface area contributed by atoms with Crippen LogP contribution < -0.4 is 49.4 Å². The van der Waals surface area contributed by atoms with Crippen LogP contribution in [-0.2, 0) is 0 Å². The highest BCUT2D eigenvalue weighted by atomic mass is 16.5. The highest BCUT2D eigenvalue weighted by Crippen LogP contribution is 2.41. The Morgan fingerprint density at radius 2 is 0.375 bits per heavy atom. The molecule has 314 valence electrons. The highest BCUT2D eigenvalue weighted by Gasteiger charge is 2.13. The first kappa shape index (κ1) is 40.4. The van der Waals surface area contributed by atoms with Crippen LogP contribution in [0, 0.1) is 0 Å². The van der Waals surface area contributed by atoms with Gasteiger partial charge in [-0.1, -0.05) is 60.7 Å². The van der Waals surface area contributed by atoms with E-state index in [4.69, 9.17) is 49.4 Å². The fraction of sp³-hybridized carbons (Fsp3) is 0. The van der Waals surface area contributed by atoms with Crippen LogP contribution in [0.3, 0.4) is 0 Å². The molecule has 4 N–H and O–H groups in total. The Bertz CT molecular complexity index is 2770. The third-order valence-electron chi connectivity index (χ3n) is 9.41. The molecule has 0 unspecified atom stereocenters. The van der Waals surface area contributed by atoms with Gasteiger partial charge < -0.3 is 49.4 Å². The normalized spacial score (nSPS) is 10.6. The van der Waals surface area contributed by atoms with Crippen LogP contribution in [0.1, 0.15) is 0 Å².